The van der Waals surface area contributed by atoms with Crippen LogP contribution in [0.3, 0.4) is 0 Å². The standard InChI is InChI=1S/C12H12BrN3OS2/c1-16(2)11-14-15-12(19-11)18-7-10(17)8-5-3-4-6-9(8)13/h3-6H,7H2,1-2H3. The zero-order chi connectivity index (χ0) is 13.8. The van der Waals surface area contributed by atoms with E-state index in [1.165, 1.54) is 23.1 Å². The highest BCUT2D eigenvalue weighted by molar-refractivity contribution is 9.10. The number of rotatable bonds is 5. The highest BCUT2D eigenvalue weighted by atomic mass is 79.9. The van der Waals surface area contributed by atoms with Gasteiger partial charge in [-0.3, -0.25) is 4.79 Å². The minimum atomic E-state index is 0.0825. The van der Waals surface area contributed by atoms with Crippen LogP contribution in [-0.2, 0) is 0 Å². The van der Waals surface area contributed by atoms with Crippen molar-refractivity contribution in [3.63, 3.8) is 0 Å². The van der Waals surface area contributed by atoms with E-state index >= 15 is 0 Å². The summed E-state index contributed by atoms with van der Waals surface area (Å²) in [6.45, 7) is 0. The third kappa shape index (κ3) is 3.77. The van der Waals surface area contributed by atoms with E-state index in [-0.39, 0.29) is 5.78 Å². The number of Topliss-reactive ketones (excluding diaryl/α,β-unsaturated/α-hetero) is 1. The molecule has 0 spiro atoms. The van der Waals surface area contributed by atoms with E-state index in [4.69, 9.17) is 0 Å². The molecule has 0 saturated heterocycles. The predicted molar refractivity (Wildman–Crippen MR) is 83.4 cm³/mol. The summed E-state index contributed by atoms with van der Waals surface area (Å²) in [5.41, 5.74) is 0.701. The lowest BCUT2D eigenvalue weighted by Crippen LogP contribution is -2.07. The van der Waals surface area contributed by atoms with Crippen LogP contribution in [0.4, 0.5) is 5.13 Å². The van der Waals surface area contributed by atoms with Crippen molar-refractivity contribution in [1.82, 2.24) is 10.2 Å². The summed E-state index contributed by atoms with van der Waals surface area (Å²) in [5.74, 6) is 0.448. The second-order valence-corrected chi connectivity index (χ2v) is 6.97. The van der Waals surface area contributed by atoms with Crippen LogP contribution in [0.25, 0.3) is 0 Å². The van der Waals surface area contributed by atoms with Crippen molar-refractivity contribution in [2.24, 2.45) is 0 Å². The topological polar surface area (TPSA) is 46.1 Å². The van der Waals surface area contributed by atoms with E-state index in [9.17, 15) is 4.79 Å². The lowest BCUT2D eigenvalue weighted by atomic mass is 10.1. The first-order chi connectivity index (χ1) is 9.08. The van der Waals surface area contributed by atoms with Crippen LogP contribution >= 0.6 is 39.0 Å². The van der Waals surface area contributed by atoms with Gasteiger partial charge in [0.2, 0.25) is 5.13 Å². The van der Waals surface area contributed by atoms with Crippen LogP contribution in [0, 0.1) is 0 Å². The molecule has 0 unspecified atom stereocenters. The molecule has 0 atom stereocenters. The highest BCUT2D eigenvalue weighted by Crippen LogP contribution is 2.28. The summed E-state index contributed by atoms with van der Waals surface area (Å²) in [6.07, 6.45) is 0. The van der Waals surface area contributed by atoms with Gasteiger partial charge in [0.15, 0.2) is 10.1 Å². The molecule has 0 N–H and O–H groups in total. The normalized spacial score (nSPS) is 10.5. The van der Waals surface area contributed by atoms with Crippen molar-refractivity contribution in [3.05, 3.63) is 34.3 Å². The van der Waals surface area contributed by atoms with E-state index in [0.29, 0.717) is 11.3 Å². The summed E-state index contributed by atoms with van der Waals surface area (Å²) >= 11 is 6.29. The number of halogens is 1. The maximum absolute atomic E-state index is 12.1. The molecule has 4 nitrogen and oxygen atoms in total. The number of carbonyl (C=O) groups excluding carboxylic acids is 1. The molecule has 2 rings (SSSR count). The molecule has 0 amide bonds. The molecule has 0 radical (unpaired) electrons. The van der Waals surface area contributed by atoms with Gasteiger partial charge >= 0.3 is 0 Å². The molecule has 100 valence electrons. The Morgan fingerprint density at radius 2 is 2.11 bits per heavy atom. The number of anilines is 1. The molecule has 2 aromatic rings. The Bertz CT molecular complexity index is 586. The number of hydrogen-bond donors (Lipinski definition) is 0. The van der Waals surface area contributed by atoms with Crippen molar-refractivity contribution in [1.29, 1.82) is 0 Å². The number of thioether (sulfide) groups is 1. The quantitative estimate of drug-likeness (QED) is 0.606. The third-order valence-corrected chi connectivity index (χ3v) is 5.20. The van der Waals surface area contributed by atoms with E-state index in [1.54, 1.807) is 0 Å². The lowest BCUT2D eigenvalue weighted by molar-refractivity contribution is 0.102. The monoisotopic (exact) mass is 357 g/mol. The van der Waals surface area contributed by atoms with Gasteiger partial charge in [0.25, 0.3) is 0 Å². The summed E-state index contributed by atoms with van der Waals surface area (Å²) in [6, 6.07) is 7.44. The maximum atomic E-state index is 12.1. The molecule has 1 aromatic heterocycles. The molecule has 0 bridgehead atoms. The van der Waals surface area contributed by atoms with Gasteiger partial charge in [-0.05, 0) is 6.07 Å². The van der Waals surface area contributed by atoms with Crippen LogP contribution in [0.5, 0.6) is 0 Å². The van der Waals surface area contributed by atoms with Gasteiger partial charge < -0.3 is 4.90 Å². The van der Waals surface area contributed by atoms with E-state index in [0.717, 1.165) is 13.9 Å². The Morgan fingerprint density at radius 3 is 2.74 bits per heavy atom. The average Bonchev–Trinajstić information content (AvgIpc) is 2.85. The van der Waals surface area contributed by atoms with E-state index < -0.39 is 0 Å². The van der Waals surface area contributed by atoms with Gasteiger partial charge in [0.05, 0.1) is 5.75 Å². The Balaban J connectivity index is 1.98. The van der Waals surface area contributed by atoms with Crippen LogP contribution in [0.1, 0.15) is 10.4 Å². The van der Waals surface area contributed by atoms with Crippen LogP contribution in [0.15, 0.2) is 33.1 Å². The molecule has 19 heavy (non-hydrogen) atoms. The summed E-state index contributed by atoms with van der Waals surface area (Å²) in [7, 11) is 3.84. The molecule has 0 aliphatic carbocycles. The van der Waals surface area contributed by atoms with Gasteiger partial charge in [-0.15, -0.1) is 10.2 Å². The number of ketones is 1. The second-order valence-electron chi connectivity index (χ2n) is 3.94. The first kappa shape index (κ1) is 14.5. The number of benzene rings is 1. The minimum absolute atomic E-state index is 0.0825. The first-order valence-corrected chi connectivity index (χ1v) is 8.09. The molecule has 0 fully saturated rings. The van der Waals surface area contributed by atoms with Gasteiger partial charge in [-0.2, -0.15) is 0 Å². The molecule has 0 aliphatic heterocycles. The molecule has 7 heteroatoms. The lowest BCUT2D eigenvalue weighted by Gasteiger charge is -2.04. The van der Waals surface area contributed by atoms with Gasteiger partial charge in [-0.1, -0.05) is 57.2 Å². The molecular weight excluding hydrogens is 346 g/mol. The summed E-state index contributed by atoms with van der Waals surface area (Å²) in [4.78, 5) is 14.0. The fourth-order valence-corrected chi connectivity index (χ4v) is 3.49. The first-order valence-electron chi connectivity index (χ1n) is 5.49. The number of nitrogens with zero attached hydrogens (tertiary/aromatic N) is 3. The SMILES string of the molecule is CN(C)c1nnc(SCC(=O)c2ccccc2Br)s1. The fourth-order valence-electron chi connectivity index (χ4n) is 1.33. The van der Waals surface area contributed by atoms with E-state index in [1.807, 2.05) is 43.3 Å². The minimum Gasteiger partial charge on any atom is -0.353 e. The maximum Gasteiger partial charge on any atom is 0.208 e. The van der Waals surface area contributed by atoms with Gasteiger partial charge in [0, 0.05) is 24.1 Å². The zero-order valence-corrected chi connectivity index (χ0v) is 13.7. The largest absolute Gasteiger partial charge is 0.353 e. The predicted octanol–water partition coefficient (Wildman–Crippen LogP) is 3.34. The number of carbonyl (C=O) groups is 1. The highest BCUT2D eigenvalue weighted by Gasteiger charge is 2.12. The molecule has 0 saturated carbocycles. The summed E-state index contributed by atoms with van der Waals surface area (Å²) < 4.78 is 1.64. The van der Waals surface area contributed by atoms with Crippen molar-refractivity contribution in [2.45, 2.75) is 4.34 Å². The van der Waals surface area contributed by atoms with Crippen LogP contribution in [0.2, 0.25) is 0 Å². The smallest absolute Gasteiger partial charge is 0.208 e. The van der Waals surface area contributed by atoms with Gasteiger partial charge in [0.1, 0.15) is 0 Å². The molecule has 1 aromatic carbocycles. The Morgan fingerprint density at radius 1 is 1.37 bits per heavy atom. The molecule has 1 heterocycles. The number of aromatic nitrogens is 2. The van der Waals surface area contributed by atoms with Crippen molar-refractivity contribution in [3.8, 4) is 0 Å². The third-order valence-electron chi connectivity index (χ3n) is 2.28. The Hall–Kier alpha value is -0.920. The Labute approximate surface area is 128 Å². The van der Waals surface area contributed by atoms with Crippen LogP contribution < -0.4 is 4.90 Å². The Kier molecular flexibility index (Phi) is 4.95. The fraction of sp³-hybridized carbons (Fsp3) is 0.250. The second kappa shape index (κ2) is 6.49. The zero-order valence-electron chi connectivity index (χ0n) is 10.5. The van der Waals surface area contributed by atoms with Crippen molar-refractivity contribution in [2.75, 3.05) is 24.7 Å². The molecule has 0 aliphatic rings. The van der Waals surface area contributed by atoms with Crippen molar-refractivity contribution < 1.29 is 4.79 Å². The van der Waals surface area contributed by atoms with Crippen molar-refractivity contribution >= 4 is 49.9 Å². The molecular formula is C12H12BrN3OS2. The van der Waals surface area contributed by atoms with Crippen LogP contribution in [-0.4, -0.2) is 35.8 Å². The van der Waals surface area contributed by atoms with E-state index in [2.05, 4.69) is 26.1 Å². The average molecular weight is 358 g/mol. The number of hydrogen-bond acceptors (Lipinski definition) is 6. The summed E-state index contributed by atoms with van der Waals surface area (Å²) in [5, 5.41) is 8.93. The van der Waals surface area contributed by atoms with Gasteiger partial charge in [-0.25, -0.2) is 0 Å².